The van der Waals surface area contributed by atoms with Gasteiger partial charge in [0.2, 0.25) is 0 Å². The van der Waals surface area contributed by atoms with Crippen LogP contribution < -0.4 is 5.32 Å². The van der Waals surface area contributed by atoms with Crippen LogP contribution in [-0.2, 0) is 4.79 Å². The Balaban J connectivity index is 0. The fourth-order valence-electron chi connectivity index (χ4n) is 1.32. The molecule has 2 atom stereocenters. The van der Waals surface area contributed by atoms with Crippen LogP contribution in [0.1, 0.15) is 40.5 Å². The SMILES string of the molecule is C=C[C@@H](O)C[C@@H](O)CC(=O)O.CC(C)CNCC(C)C. The predicted octanol–water partition coefficient (Wildman–Crippen LogP) is 1.65. The minimum absolute atomic E-state index is 0.0236. The molecule has 0 saturated carbocycles. The smallest absolute Gasteiger partial charge is 0.305 e. The molecule has 0 rings (SSSR count). The van der Waals surface area contributed by atoms with E-state index in [1.807, 2.05) is 0 Å². The van der Waals surface area contributed by atoms with Crippen molar-refractivity contribution in [3.63, 3.8) is 0 Å². The van der Waals surface area contributed by atoms with Gasteiger partial charge in [-0.25, -0.2) is 0 Å². The summed E-state index contributed by atoms with van der Waals surface area (Å²) in [7, 11) is 0. The molecule has 0 aromatic heterocycles. The summed E-state index contributed by atoms with van der Waals surface area (Å²) in [6.45, 7) is 14.5. The molecule has 5 heteroatoms. The van der Waals surface area contributed by atoms with Crippen molar-refractivity contribution < 1.29 is 20.1 Å². The number of carboxylic acids is 1. The Morgan fingerprint density at radius 3 is 1.90 bits per heavy atom. The summed E-state index contributed by atoms with van der Waals surface area (Å²) in [5, 5.41) is 29.4. The van der Waals surface area contributed by atoms with Crippen molar-refractivity contribution in [2.24, 2.45) is 11.8 Å². The second-order valence-electron chi connectivity index (χ2n) is 5.74. The highest BCUT2D eigenvalue weighted by atomic mass is 16.4. The lowest BCUT2D eigenvalue weighted by molar-refractivity contribution is -0.139. The van der Waals surface area contributed by atoms with Crippen molar-refractivity contribution in [3.8, 4) is 0 Å². The molecule has 0 aromatic rings. The highest BCUT2D eigenvalue weighted by molar-refractivity contribution is 5.67. The monoisotopic (exact) mass is 289 g/mol. The maximum absolute atomic E-state index is 10.0. The van der Waals surface area contributed by atoms with E-state index in [1.165, 1.54) is 6.08 Å². The first-order valence-corrected chi connectivity index (χ1v) is 7.10. The minimum atomic E-state index is -1.08. The van der Waals surface area contributed by atoms with Gasteiger partial charge in [0.15, 0.2) is 0 Å². The van der Waals surface area contributed by atoms with Gasteiger partial charge >= 0.3 is 5.97 Å². The van der Waals surface area contributed by atoms with Crippen molar-refractivity contribution in [3.05, 3.63) is 12.7 Å². The van der Waals surface area contributed by atoms with Gasteiger partial charge in [-0.15, -0.1) is 6.58 Å². The van der Waals surface area contributed by atoms with E-state index in [2.05, 4.69) is 39.6 Å². The maximum atomic E-state index is 10.0. The number of carboxylic acid groups (broad SMARTS) is 1. The van der Waals surface area contributed by atoms with E-state index in [-0.39, 0.29) is 12.8 Å². The average Bonchev–Trinajstić information content (AvgIpc) is 2.27. The molecule has 4 N–H and O–H groups in total. The molecule has 5 nitrogen and oxygen atoms in total. The standard InChI is InChI=1S/C8H19N.C7H12O4/c1-7(2)5-9-6-8(3)4;1-2-5(8)3-6(9)4-7(10)11/h7-9H,5-6H2,1-4H3;2,5-6,8-9H,1,3-4H2,(H,10,11)/t;5-,6-/m.1/s1. The third-order valence-corrected chi connectivity index (χ3v) is 2.30. The summed E-state index contributed by atoms with van der Waals surface area (Å²) in [4.78, 5) is 10.0. The van der Waals surface area contributed by atoms with Crippen molar-refractivity contribution in [2.75, 3.05) is 13.1 Å². The van der Waals surface area contributed by atoms with E-state index in [0.717, 1.165) is 24.9 Å². The molecule has 0 spiro atoms. The molecule has 0 heterocycles. The number of rotatable bonds is 9. The molecule has 0 amide bonds. The van der Waals surface area contributed by atoms with Crippen LogP contribution >= 0.6 is 0 Å². The number of nitrogens with one attached hydrogen (secondary N) is 1. The van der Waals surface area contributed by atoms with Crippen LogP contribution in [-0.4, -0.2) is 46.6 Å². The Bertz CT molecular complexity index is 246. The largest absolute Gasteiger partial charge is 0.481 e. The summed E-state index contributed by atoms with van der Waals surface area (Å²) >= 11 is 0. The number of hydrogen-bond acceptors (Lipinski definition) is 4. The van der Waals surface area contributed by atoms with Gasteiger partial charge in [0.05, 0.1) is 18.6 Å². The molecule has 120 valence electrons. The first-order valence-electron chi connectivity index (χ1n) is 7.10. The van der Waals surface area contributed by atoms with Gasteiger partial charge in [0.1, 0.15) is 0 Å². The number of hydrogen-bond donors (Lipinski definition) is 4. The van der Waals surface area contributed by atoms with Gasteiger partial charge < -0.3 is 20.6 Å². The van der Waals surface area contributed by atoms with E-state index < -0.39 is 18.2 Å². The van der Waals surface area contributed by atoms with E-state index >= 15 is 0 Å². The van der Waals surface area contributed by atoms with E-state index in [0.29, 0.717) is 0 Å². The molecular formula is C15H31NO4. The van der Waals surface area contributed by atoms with Crippen LogP contribution in [0.5, 0.6) is 0 Å². The van der Waals surface area contributed by atoms with Gasteiger partial charge in [-0.3, -0.25) is 4.79 Å². The lowest BCUT2D eigenvalue weighted by atomic mass is 10.1. The minimum Gasteiger partial charge on any atom is -0.481 e. The van der Waals surface area contributed by atoms with Gasteiger partial charge in [-0.2, -0.15) is 0 Å². The van der Waals surface area contributed by atoms with Crippen LogP contribution in [0.2, 0.25) is 0 Å². The first kappa shape index (κ1) is 21.4. The Hall–Kier alpha value is -0.910. The molecule has 0 saturated heterocycles. The zero-order valence-corrected chi connectivity index (χ0v) is 13.2. The number of aliphatic hydroxyl groups excluding tert-OH is 2. The molecule has 0 unspecified atom stereocenters. The molecule has 0 aliphatic heterocycles. The zero-order chi connectivity index (χ0) is 16.1. The van der Waals surface area contributed by atoms with E-state index in [4.69, 9.17) is 15.3 Å². The van der Waals surface area contributed by atoms with Crippen LogP contribution in [0.15, 0.2) is 12.7 Å². The highest BCUT2D eigenvalue weighted by Gasteiger charge is 2.12. The molecule has 0 bridgehead atoms. The van der Waals surface area contributed by atoms with Crippen molar-refractivity contribution in [1.82, 2.24) is 5.32 Å². The predicted molar refractivity (Wildman–Crippen MR) is 81.6 cm³/mol. The Kier molecular flexibility index (Phi) is 14.0. The molecule has 0 radical (unpaired) electrons. The van der Waals surface area contributed by atoms with Crippen LogP contribution in [0.4, 0.5) is 0 Å². The molecular weight excluding hydrogens is 258 g/mol. The van der Waals surface area contributed by atoms with Gasteiger partial charge in [0.25, 0.3) is 0 Å². The number of aliphatic hydroxyl groups is 2. The van der Waals surface area contributed by atoms with Crippen molar-refractivity contribution in [1.29, 1.82) is 0 Å². The summed E-state index contributed by atoms with van der Waals surface area (Å²) in [6.07, 6.45) is -0.893. The number of carbonyl (C=O) groups is 1. The third-order valence-electron chi connectivity index (χ3n) is 2.30. The summed E-state index contributed by atoms with van der Waals surface area (Å²) in [6, 6.07) is 0. The topological polar surface area (TPSA) is 89.8 Å². The quantitative estimate of drug-likeness (QED) is 0.485. The summed E-state index contributed by atoms with van der Waals surface area (Å²) < 4.78 is 0. The molecule has 0 aromatic carbocycles. The molecule has 0 aliphatic carbocycles. The molecule has 20 heavy (non-hydrogen) atoms. The third kappa shape index (κ3) is 19.4. The first-order chi connectivity index (χ1) is 9.18. The van der Waals surface area contributed by atoms with Crippen LogP contribution in [0.3, 0.4) is 0 Å². The average molecular weight is 289 g/mol. The Morgan fingerprint density at radius 2 is 1.60 bits per heavy atom. The summed E-state index contributed by atoms with van der Waals surface area (Å²) in [5.74, 6) is 0.487. The Morgan fingerprint density at radius 1 is 1.15 bits per heavy atom. The Labute approximate surface area is 122 Å². The lowest BCUT2D eigenvalue weighted by Gasteiger charge is -2.09. The van der Waals surface area contributed by atoms with Crippen molar-refractivity contribution >= 4 is 5.97 Å². The van der Waals surface area contributed by atoms with Crippen LogP contribution in [0, 0.1) is 11.8 Å². The zero-order valence-electron chi connectivity index (χ0n) is 13.2. The van der Waals surface area contributed by atoms with Crippen molar-refractivity contribution in [2.45, 2.75) is 52.7 Å². The van der Waals surface area contributed by atoms with Gasteiger partial charge in [-0.05, 0) is 24.9 Å². The highest BCUT2D eigenvalue weighted by Crippen LogP contribution is 2.02. The molecule has 0 aliphatic rings. The maximum Gasteiger partial charge on any atom is 0.305 e. The van der Waals surface area contributed by atoms with Gasteiger partial charge in [-0.1, -0.05) is 33.8 Å². The van der Waals surface area contributed by atoms with E-state index in [9.17, 15) is 4.79 Å². The normalized spacial score (nSPS) is 13.6. The summed E-state index contributed by atoms with van der Waals surface area (Å²) in [5.41, 5.74) is 0. The second kappa shape index (κ2) is 13.1. The fourth-order valence-corrected chi connectivity index (χ4v) is 1.32. The lowest BCUT2D eigenvalue weighted by Crippen LogP contribution is -2.23. The van der Waals surface area contributed by atoms with E-state index in [1.54, 1.807) is 0 Å². The van der Waals surface area contributed by atoms with Crippen LogP contribution in [0.25, 0.3) is 0 Å². The number of aliphatic carboxylic acids is 1. The second-order valence-corrected chi connectivity index (χ2v) is 5.74. The fraction of sp³-hybridized carbons (Fsp3) is 0.800. The molecule has 0 fully saturated rings. The van der Waals surface area contributed by atoms with Gasteiger partial charge in [0, 0.05) is 6.42 Å².